The maximum atomic E-state index is 12.2. The molecule has 0 radical (unpaired) electrons. The van der Waals surface area contributed by atoms with E-state index < -0.39 is 0 Å². The molecule has 3 heterocycles. The molecular weight excluding hydrogens is 332 g/mol. The van der Waals surface area contributed by atoms with Crippen molar-refractivity contribution in [1.82, 2.24) is 25.1 Å². The smallest absolute Gasteiger partial charge is 0.240 e. The average molecular weight is 350 g/mol. The van der Waals surface area contributed by atoms with E-state index in [1.807, 2.05) is 24.3 Å². The van der Waals surface area contributed by atoms with E-state index in [2.05, 4.69) is 30.4 Å². The minimum absolute atomic E-state index is 0.124. The number of hydrogen-bond donors (Lipinski definition) is 1. The fraction of sp³-hybridized carbons (Fsp3) is 0.278. The van der Waals surface area contributed by atoms with Gasteiger partial charge in [-0.15, -0.1) is 0 Å². The zero-order valence-electron chi connectivity index (χ0n) is 14.1. The van der Waals surface area contributed by atoms with Gasteiger partial charge in [-0.1, -0.05) is 12.1 Å². The van der Waals surface area contributed by atoms with Crippen molar-refractivity contribution in [3.05, 3.63) is 42.9 Å². The van der Waals surface area contributed by atoms with Gasteiger partial charge in [-0.2, -0.15) is 10.2 Å². The number of rotatable bonds is 4. The molecule has 1 aliphatic rings. The lowest BCUT2D eigenvalue weighted by atomic mass is 10.1. The van der Waals surface area contributed by atoms with Gasteiger partial charge in [0.05, 0.1) is 37.7 Å². The highest BCUT2D eigenvalue weighted by molar-refractivity contribution is 5.92. The zero-order chi connectivity index (χ0) is 17.8. The lowest BCUT2D eigenvalue weighted by molar-refractivity contribution is -0.118. The minimum atomic E-state index is -0.124. The van der Waals surface area contributed by atoms with E-state index in [9.17, 15) is 4.79 Å². The van der Waals surface area contributed by atoms with E-state index in [4.69, 9.17) is 4.74 Å². The summed E-state index contributed by atoms with van der Waals surface area (Å²) in [6, 6.07) is 7.77. The minimum Gasteiger partial charge on any atom is -0.379 e. The first-order valence-electron chi connectivity index (χ1n) is 8.42. The number of carbonyl (C=O) groups is 1. The number of hydrogen-bond acceptors (Lipinski definition) is 7. The highest BCUT2D eigenvalue weighted by Gasteiger charge is 2.15. The summed E-state index contributed by atoms with van der Waals surface area (Å²) in [5.41, 5.74) is 2.70. The second-order valence-electron chi connectivity index (χ2n) is 6.04. The van der Waals surface area contributed by atoms with Crippen LogP contribution in [0.25, 0.3) is 22.0 Å². The van der Waals surface area contributed by atoms with Crippen molar-refractivity contribution in [1.29, 1.82) is 0 Å². The van der Waals surface area contributed by atoms with E-state index in [1.165, 1.54) is 0 Å². The van der Waals surface area contributed by atoms with Crippen LogP contribution in [-0.4, -0.2) is 63.8 Å². The van der Waals surface area contributed by atoms with Gasteiger partial charge in [0.1, 0.15) is 0 Å². The molecule has 4 rings (SSSR count). The van der Waals surface area contributed by atoms with Gasteiger partial charge in [0.15, 0.2) is 0 Å². The number of aromatic nitrogens is 4. The van der Waals surface area contributed by atoms with Gasteiger partial charge >= 0.3 is 0 Å². The van der Waals surface area contributed by atoms with Crippen LogP contribution in [-0.2, 0) is 9.53 Å². The predicted molar refractivity (Wildman–Crippen MR) is 96.5 cm³/mol. The Labute approximate surface area is 150 Å². The molecule has 1 N–H and O–H groups in total. The molecule has 0 bridgehead atoms. The summed E-state index contributed by atoms with van der Waals surface area (Å²) in [4.78, 5) is 23.0. The molecule has 1 saturated heterocycles. The van der Waals surface area contributed by atoms with E-state index >= 15 is 0 Å². The SMILES string of the molecule is O=C(CN1CCOCC1)Nc1ncc2ccc(-c3ccnnc3)cc2n1. The largest absolute Gasteiger partial charge is 0.379 e. The molecule has 0 aliphatic carbocycles. The maximum absolute atomic E-state index is 12.2. The fourth-order valence-corrected chi connectivity index (χ4v) is 2.85. The summed E-state index contributed by atoms with van der Waals surface area (Å²) >= 11 is 0. The van der Waals surface area contributed by atoms with Crippen LogP contribution in [0.4, 0.5) is 5.95 Å². The number of ether oxygens (including phenoxy) is 1. The van der Waals surface area contributed by atoms with Gasteiger partial charge < -0.3 is 4.74 Å². The zero-order valence-corrected chi connectivity index (χ0v) is 14.1. The monoisotopic (exact) mass is 350 g/mol. The van der Waals surface area contributed by atoms with Crippen LogP contribution in [0.5, 0.6) is 0 Å². The first-order valence-corrected chi connectivity index (χ1v) is 8.42. The van der Waals surface area contributed by atoms with E-state index in [0.29, 0.717) is 25.7 Å². The Morgan fingerprint density at radius 3 is 2.81 bits per heavy atom. The topological polar surface area (TPSA) is 93.1 Å². The van der Waals surface area contributed by atoms with Crippen LogP contribution in [0.2, 0.25) is 0 Å². The second-order valence-corrected chi connectivity index (χ2v) is 6.04. The summed E-state index contributed by atoms with van der Waals surface area (Å²) in [7, 11) is 0. The molecular formula is C18H18N6O2. The molecule has 0 unspecified atom stereocenters. The third-order valence-corrected chi connectivity index (χ3v) is 4.22. The number of nitrogens with zero attached hydrogens (tertiary/aromatic N) is 5. The molecule has 0 atom stereocenters. The lowest BCUT2D eigenvalue weighted by Crippen LogP contribution is -2.41. The van der Waals surface area contributed by atoms with Crippen LogP contribution < -0.4 is 5.32 Å². The Balaban J connectivity index is 1.51. The van der Waals surface area contributed by atoms with Crippen LogP contribution in [0.1, 0.15) is 0 Å². The highest BCUT2D eigenvalue weighted by Crippen LogP contribution is 2.22. The van der Waals surface area contributed by atoms with Crippen LogP contribution in [0.3, 0.4) is 0 Å². The van der Waals surface area contributed by atoms with Crippen molar-refractivity contribution in [2.24, 2.45) is 0 Å². The molecule has 3 aromatic rings. The summed E-state index contributed by atoms with van der Waals surface area (Å²) in [6.45, 7) is 3.15. The first-order chi connectivity index (χ1) is 12.8. The first kappa shape index (κ1) is 16.5. The van der Waals surface area contributed by atoms with Crippen LogP contribution >= 0.6 is 0 Å². The second kappa shape index (κ2) is 7.51. The quantitative estimate of drug-likeness (QED) is 0.759. The van der Waals surface area contributed by atoms with E-state index in [-0.39, 0.29) is 5.91 Å². The van der Waals surface area contributed by atoms with Crippen LogP contribution in [0, 0.1) is 0 Å². The van der Waals surface area contributed by atoms with E-state index in [0.717, 1.165) is 35.1 Å². The Hall–Kier alpha value is -2.97. The summed E-state index contributed by atoms with van der Waals surface area (Å²) < 4.78 is 5.29. The predicted octanol–water partition coefficient (Wildman–Crippen LogP) is 1.36. The third-order valence-electron chi connectivity index (χ3n) is 4.22. The highest BCUT2D eigenvalue weighted by atomic mass is 16.5. The number of morpholine rings is 1. The normalized spacial score (nSPS) is 15.1. The number of carbonyl (C=O) groups excluding carboxylic acids is 1. The summed E-state index contributed by atoms with van der Waals surface area (Å²) in [6.07, 6.45) is 5.06. The molecule has 0 spiro atoms. The number of benzene rings is 1. The summed E-state index contributed by atoms with van der Waals surface area (Å²) in [5.74, 6) is 0.182. The molecule has 8 nitrogen and oxygen atoms in total. The lowest BCUT2D eigenvalue weighted by Gasteiger charge is -2.25. The van der Waals surface area contributed by atoms with Crippen molar-refractivity contribution in [2.45, 2.75) is 0 Å². The van der Waals surface area contributed by atoms with Crippen molar-refractivity contribution in [3.63, 3.8) is 0 Å². The Kier molecular flexibility index (Phi) is 4.76. The standard InChI is InChI=1S/C18H18N6O2/c25-17(12-24-5-7-26-8-6-24)23-18-19-10-15-2-1-13(9-16(15)22-18)14-3-4-20-21-11-14/h1-4,9-11H,5-8,12H2,(H,19,22,23,25). The van der Waals surface area contributed by atoms with Crippen LogP contribution in [0.15, 0.2) is 42.9 Å². The average Bonchev–Trinajstić information content (AvgIpc) is 2.69. The summed E-state index contributed by atoms with van der Waals surface area (Å²) in [5, 5.41) is 11.4. The van der Waals surface area contributed by atoms with Gasteiger partial charge in [0, 0.05) is 30.2 Å². The molecule has 1 aliphatic heterocycles. The molecule has 8 heteroatoms. The van der Waals surface area contributed by atoms with Crippen molar-refractivity contribution in [3.8, 4) is 11.1 Å². The van der Waals surface area contributed by atoms with E-state index in [1.54, 1.807) is 18.6 Å². The number of anilines is 1. The van der Waals surface area contributed by atoms with Crippen molar-refractivity contribution >= 4 is 22.8 Å². The van der Waals surface area contributed by atoms with Gasteiger partial charge in [0.2, 0.25) is 11.9 Å². The maximum Gasteiger partial charge on any atom is 0.240 e. The third kappa shape index (κ3) is 3.81. The molecule has 1 fully saturated rings. The number of nitrogens with one attached hydrogen (secondary N) is 1. The Bertz CT molecular complexity index is 912. The number of fused-ring (bicyclic) bond motifs is 1. The van der Waals surface area contributed by atoms with Crippen molar-refractivity contribution in [2.75, 3.05) is 38.2 Å². The molecule has 1 aromatic carbocycles. The number of amides is 1. The molecule has 2 aromatic heterocycles. The Morgan fingerprint density at radius 2 is 2.00 bits per heavy atom. The molecule has 26 heavy (non-hydrogen) atoms. The van der Waals surface area contributed by atoms with Gasteiger partial charge in [-0.3, -0.25) is 15.0 Å². The van der Waals surface area contributed by atoms with Gasteiger partial charge in [-0.05, 0) is 17.7 Å². The molecule has 1 amide bonds. The molecule has 132 valence electrons. The van der Waals surface area contributed by atoms with Gasteiger partial charge in [0.25, 0.3) is 0 Å². The Morgan fingerprint density at radius 1 is 1.12 bits per heavy atom. The molecule has 0 saturated carbocycles. The fourth-order valence-electron chi connectivity index (χ4n) is 2.85. The van der Waals surface area contributed by atoms with Crippen molar-refractivity contribution < 1.29 is 9.53 Å². The van der Waals surface area contributed by atoms with Gasteiger partial charge in [-0.25, -0.2) is 9.97 Å².